The molecule has 2 N–H and O–H groups in total. The summed E-state index contributed by atoms with van der Waals surface area (Å²) in [4.78, 5) is 4.15. The van der Waals surface area contributed by atoms with Gasteiger partial charge >= 0.3 is 0 Å². The van der Waals surface area contributed by atoms with Crippen LogP contribution in [0, 0.1) is 5.92 Å². The van der Waals surface area contributed by atoms with E-state index in [1.165, 1.54) is 6.42 Å². The maximum atomic E-state index is 10.4. The number of hydrogen-bond donors (Lipinski definition) is 2. The van der Waals surface area contributed by atoms with Gasteiger partial charge in [-0.15, -0.1) is 0 Å². The molecule has 1 aliphatic heterocycles. The van der Waals surface area contributed by atoms with Crippen molar-refractivity contribution in [1.82, 2.24) is 14.9 Å². The maximum Gasteiger partial charge on any atom is 0.111 e. The number of piperidine rings is 1. The first-order chi connectivity index (χ1) is 8.22. The molecular weight excluding hydrogens is 214 g/mol. The lowest BCUT2D eigenvalue weighted by Gasteiger charge is -2.31. The summed E-state index contributed by atoms with van der Waals surface area (Å²) in [6.07, 6.45) is 6.47. The molecule has 1 aromatic heterocycles. The summed E-state index contributed by atoms with van der Waals surface area (Å²) in [5.74, 6) is 0.693. The fourth-order valence-electron chi connectivity index (χ4n) is 2.60. The highest BCUT2D eigenvalue weighted by molar-refractivity contribution is 5.06. The second-order valence-electron chi connectivity index (χ2n) is 5.15. The molecule has 96 valence electrons. The number of rotatable bonds is 4. The van der Waals surface area contributed by atoms with E-state index in [4.69, 9.17) is 0 Å². The molecule has 0 amide bonds. The Morgan fingerprint density at radius 3 is 3.18 bits per heavy atom. The molecule has 0 aromatic carbocycles. The number of aromatic nitrogens is 2. The number of hydrogen-bond acceptors (Lipinski definition) is 3. The van der Waals surface area contributed by atoms with Gasteiger partial charge in [-0.3, -0.25) is 0 Å². The lowest BCUT2D eigenvalue weighted by molar-refractivity contribution is 0.0944. The fraction of sp³-hybridized carbons (Fsp3) is 0.769. The van der Waals surface area contributed by atoms with Crippen LogP contribution in [0.3, 0.4) is 0 Å². The normalized spacial score (nSPS) is 27.0. The molecule has 2 rings (SSSR count). The number of imidazole rings is 1. The van der Waals surface area contributed by atoms with E-state index >= 15 is 0 Å². The van der Waals surface area contributed by atoms with Crippen molar-refractivity contribution >= 4 is 0 Å². The first kappa shape index (κ1) is 12.6. The molecule has 0 spiro atoms. The molecule has 4 heteroatoms. The van der Waals surface area contributed by atoms with Crippen LogP contribution in [0.25, 0.3) is 0 Å². The van der Waals surface area contributed by atoms with Gasteiger partial charge in [0.1, 0.15) is 6.10 Å². The van der Waals surface area contributed by atoms with Gasteiger partial charge in [0.05, 0.1) is 18.2 Å². The van der Waals surface area contributed by atoms with Crippen molar-refractivity contribution in [2.24, 2.45) is 5.92 Å². The van der Waals surface area contributed by atoms with E-state index in [1.807, 2.05) is 6.33 Å². The van der Waals surface area contributed by atoms with Crippen LogP contribution < -0.4 is 5.32 Å². The highest BCUT2D eigenvalue weighted by Gasteiger charge is 2.27. The van der Waals surface area contributed by atoms with Crippen LogP contribution >= 0.6 is 0 Å². The second-order valence-corrected chi connectivity index (χ2v) is 5.15. The third kappa shape index (κ3) is 2.87. The van der Waals surface area contributed by atoms with Gasteiger partial charge in [-0.2, -0.15) is 0 Å². The molecule has 0 aliphatic carbocycles. The zero-order valence-electron chi connectivity index (χ0n) is 10.8. The van der Waals surface area contributed by atoms with Gasteiger partial charge < -0.3 is 15.0 Å². The zero-order valence-corrected chi connectivity index (χ0v) is 10.8. The van der Waals surface area contributed by atoms with E-state index in [0.717, 1.165) is 31.6 Å². The molecule has 0 bridgehead atoms. The van der Waals surface area contributed by atoms with Crippen molar-refractivity contribution in [3.8, 4) is 0 Å². The summed E-state index contributed by atoms with van der Waals surface area (Å²) in [6.45, 7) is 6.32. The Kier molecular flexibility index (Phi) is 4.18. The molecule has 1 saturated heterocycles. The lowest BCUT2D eigenvalue weighted by atomic mass is 9.90. The van der Waals surface area contributed by atoms with E-state index < -0.39 is 6.10 Å². The second kappa shape index (κ2) is 5.65. The summed E-state index contributed by atoms with van der Waals surface area (Å²) >= 11 is 0. The Hall–Kier alpha value is -0.870. The molecule has 2 heterocycles. The SMILES string of the molecule is CCCn1cncc1C(O)C1CC(C)CCN1. The largest absolute Gasteiger partial charge is 0.385 e. The third-order valence-corrected chi connectivity index (χ3v) is 3.59. The van der Waals surface area contributed by atoms with Gasteiger partial charge in [0.25, 0.3) is 0 Å². The zero-order chi connectivity index (χ0) is 12.3. The van der Waals surface area contributed by atoms with E-state index in [0.29, 0.717) is 5.92 Å². The van der Waals surface area contributed by atoms with Crippen LogP contribution in [-0.4, -0.2) is 27.2 Å². The van der Waals surface area contributed by atoms with Crippen LogP contribution in [0.15, 0.2) is 12.5 Å². The summed E-state index contributed by atoms with van der Waals surface area (Å²) in [6, 6.07) is 0.172. The topological polar surface area (TPSA) is 50.1 Å². The molecule has 0 saturated carbocycles. The molecule has 1 aliphatic rings. The quantitative estimate of drug-likeness (QED) is 0.838. The monoisotopic (exact) mass is 237 g/mol. The Balaban J connectivity index is 2.07. The van der Waals surface area contributed by atoms with Crippen LogP contribution in [0.5, 0.6) is 0 Å². The number of nitrogens with zero attached hydrogens (tertiary/aromatic N) is 2. The lowest BCUT2D eigenvalue weighted by Crippen LogP contribution is -2.42. The van der Waals surface area contributed by atoms with Gasteiger partial charge in [0, 0.05) is 12.6 Å². The third-order valence-electron chi connectivity index (χ3n) is 3.59. The van der Waals surface area contributed by atoms with Crippen molar-refractivity contribution in [3.63, 3.8) is 0 Å². The standard InChI is InChI=1S/C13H23N3O/c1-3-6-16-9-14-8-12(16)13(17)11-7-10(2)4-5-15-11/h8-11,13,15,17H,3-7H2,1-2H3. The molecule has 0 radical (unpaired) electrons. The first-order valence-corrected chi connectivity index (χ1v) is 6.63. The predicted octanol–water partition coefficient (Wildman–Crippen LogP) is 1.71. The van der Waals surface area contributed by atoms with Crippen LogP contribution in [0.1, 0.15) is 44.9 Å². The van der Waals surface area contributed by atoms with E-state index in [-0.39, 0.29) is 6.04 Å². The Bertz CT molecular complexity index is 350. The minimum Gasteiger partial charge on any atom is -0.385 e. The number of nitrogens with one attached hydrogen (secondary N) is 1. The first-order valence-electron chi connectivity index (χ1n) is 6.63. The smallest absolute Gasteiger partial charge is 0.111 e. The predicted molar refractivity (Wildman–Crippen MR) is 67.7 cm³/mol. The van der Waals surface area contributed by atoms with Gasteiger partial charge in [0.15, 0.2) is 0 Å². The minimum atomic E-state index is -0.438. The summed E-state index contributed by atoms with van der Waals surface area (Å²) < 4.78 is 2.06. The van der Waals surface area contributed by atoms with E-state index in [2.05, 4.69) is 28.7 Å². The van der Waals surface area contributed by atoms with E-state index in [9.17, 15) is 5.11 Å². The van der Waals surface area contributed by atoms with Gasteiger partial charge in [-0.25, -0.2) is 4.98 Å². The molecule has 1 fully saturated rings. The maximum absolute atomic E-state index is 10.4. The summed E-state index contributed by atoms with van der Waals surface area (Å²) in [5.41, 5.74) is 0.943. The van der Waals surface area contributed by atoms with Gasteiger partial charge in [-0.1, -0.05) is 13.8 Å². The van der Waals surface area contributed by atoms with Crippen LogP contribution in [0.2, 0.25) is 0 Å². The van der Waals surface area contributed by atoms with Crippen molar-refractivity contribution in [2.45, 2.75) is 51.8 Å². The van der Waals surface area contributed by atoms with Gasteiger partial charge in [-0.05, 0) is 31.7 Å². The van der Waals surface area contributed by atoms with Crippen molar-refractivity contribution in [3.05, 3.63) is 18.2 Å². The Morgan fingerprint density at radius 1 is 1.65 bits per heavy atom. The van der Waals surface area contributed by atoms with Crippen molar-refractivity contribution in [2.75, 3.05) is 6.54 Å². The highest BCUT2D eigenvalue weighted by atomic mass is 16.3. The van der Waals surface area contributed by atoms with Crippen molar-refractivity contribution < 1.29 is 5.11 Å². The molecule has 4 nitrogen and oxygen atoms in total. The summed E-state index contributed by atoms with van der Waals surface area (Å²) in [7, 11) is 0. The molecule has 3 unspecified atom stereocenters. The van der Waals surface area contributed by atoms with Crippen molar-refractivity contribution in [1.29, 1.82) is 0 Å². The fourth-order valence-corrected chi connectivity index (χ4v) is 2.60. The number of aliphatic hydroxyl groups excluding tert-OH is 1. The van der Waals surface area contributed by atoms with E-state index in [1.54, 1.807) is 6.20 Å². The summed E-state index contributed by atoms with van der Waals surface area (Å²) in [5, 5.41) is 13.9. The van der Waals surface area contributed by atoms with Gasteiger partial charge in [0.2, 0.25) is 0 Å². The minimum absolute atomic E-state index is 0.172. The number of aliphatic hydroxyl groups is 1. The molecular formula is C13H23N3O. The highest BCUT2D eigenvalue weighted by Crippen LogP contribution is 2.25. The Labute approximate surface area is 103 Å². The Morgan fingerprint density at radius 2 is 2.47 bits per heavy atom. The molecule has 3 atom stereocenters. The molecule has 1 aromatic rings. The average Bonchev–Trinajstić information content (AvgIpc) is 2.77. The van der Waals surface area contributed by atoms with Crippen LogP contribution in [-0.2, 0) is 6.54 Å². The van der Waals surface area contributed by atoms with Crippen LogP contribution in [0.4, 0.5) is 0 Å². The number of aryl methyl sites for hydroxylation is 1. The molecule has 17 heavy (non-hydrogen) atoms. The average molecular weight is 237 g/mol.